The molecule has 25 heavy (non-hydrogen) atoms. The molecule has 1 aliphatic rings. The predicted molar refractivity (Wildman–Crippen MR) is 84.3 cm³/mol. The van der Waals surface area contributed by atoms with E-state index < -0.39 is 11.0 Å². The van der Waals surface area contributed by atoms with Crippen LogP contribution in [0.1, 0.15) is 22.6 Å². The van der Waals surface area contributed by atoms with E-state index in [1.165, 1.54) is 0 Å². The van der Waals surface area contributed by atoms with Gasteiger partial charge in [0.05, 0.1) is 0 Å². The average Bonchev–Trinajstić information content (AvgIpc) is 2.91. The monoisotopic (exact) mass is 333 g/mol. The van der Waals surface area contributed by atoms with Crippen LogP contribution in [0.4, 0.5) is 0 Å². The Balaban J connectivity index is 2.21. The maximum Gasteiger partial charge on any atom is 0.275 e. The number of hydrazine groups is 1. The van der Waals surface area contributed by atoms with Crippen molar-refractivity contribution >= 4 is 11.7 Å². The molecular weight excluding hydrogens is 326 g/mol. The van der Waals surface area contributed by atoms with Crippen molar-refractivity contribution in [3.05, 3.63) is 57.0 Å². The third kappa shape index (κ3) is 2.69. The van der Waals surface area contributed by atoms with Gasteiger partial charge in [0.15, 0.2) is 16.4 Å². The fraction of sp³-hybridized carbons (Fsp3) is 0. The maximum atomic E-state index is 10.4. The number of hydrogen-bond donors (Lipinski definition) is 2. The predicted octanol–water partition coefficient (Wildman–Crippen LogP) is 0.0488. The van der Waals surface area contributed by atoms with Gasteiger partial charge in [-0.3, -0.25) is 0 Å². The lowest BCUT2D eigenvalue weighted by Crippen LogP contribution is -2.35. The van der Waals surface area contributed by atoms with Crippen LogP contribution in [0.5, 0.6) is 0 Å². The van der Waals surface area contributed by atoms with Gasteiger partial charge in [0.25, 0.3) is 5.96 Å². The fourth-order valence-corrected chi connectivity index (χ4v) is 2.29. The highest BCUT2D eigenvalue weighted by molar-refractivity contribution is 6.22. The zero-order chi connectivity index (χ0) is 18.0. The summed E-state index contributed by atoms with van der Waals surface area (Å²) in [6, 6.07) is 10.6. The van der Waals surface area contributed by atoms with Gasteiger partial charge in [0, 0.05) is 11.1 Å². The van der Waals surface area contributed by atoms with Gasteiger partial charge in [-0.05, 0) is 0 Å². The summed E-state index contributed by atoms with van der Waals surface area (Å²) < 4.78 is 0. The Bertz CT molecular complexity index is 1040. The molecular formula is C14H7N9O2. The molecule has 120 valence electrons. The Hall–Kier alpha value is -4.38. The number of benzene rings is 1. The van der Waals surface area contributed by atoms with Crippen LogP contribution in [0.15, 0.2) is 34.5 Å². The Morgan fingerprint density at radius 2 is 1.76 bits per heavy atom. The molecule has 0 saturated carbocycles. The summed E-state index contributed by atoms with van der Waals surface area (Å²) in [5, 5.41) is 35.2. The van der Waals surface area contributed by atoms with E-state index >= 15 is 0 Å². The fourth-order valence-electron chi connectivity index (χ4n) is 2.29. The van der Waals surface area contributed by atoms with Crippen molar-refractivity contribution in [1.29, 1.82) is 10.5 Å². The second-order valence-corrected chi connectivity index (χ2v) is 4.69. The van der Waals surface area contributed by atoms with E-state index in [1.54, 1.807) is 35.8 Å². The number of nitrogens with two attached hydrogens (primary N) is 1. The number of nitrogens with one attached hydrogen (secondary N) is 1. The van der Waals surface area contributed by atoms with Crippen molar-refractivity contribution in [3.8, 4) is 23.4 Å². The van der Waals surface area contributed by atoms with Crippen molar-refractivity contribution in [3.63, 3.8) is 0 Å². The van der Waals surface area contributed by atoms with Crippen molar-refractivity contribution in [2.75, 3.05) is 0 Å². The quantitative estimate of drug-likeness (QED) is 0.285. The largest absolute Gasteiger partial charge is 0.364 e. The average molecular weight is 333 g/mol. The van der Waals surface area contributed by atoms with E-state index in [0.29, 0.717) is 16.8 Å². The highest BCUT2D eigenvalue weighted by Crippen LogP contribution is 2.34. The minimum atomic E-state index is -0.873. The van der Waals surface area contributed by atoms with E-state index in [4.69, 9.17) is 16.3 Å². The normalized spacial score (nSPS) is 13.5. The number of rotatable bonds is 2. The second kappa shape index (κ2) is 6.02. The SMILES string of the molecule is N#Cc1nc2c(nc1C#N)-c1ccccc1/C2=N\N=C(/N)N[N+](=O)[O-]. The van der Waals surface area contributed by atoms with Gasteiger partial charge in [-0.1, -0.05) is 29.7 Å². The third-order valence-corrected chi connectivity index (χ3v) is 3.23. The molecule has 1 heterocycles. The third-order valence-electron chi connectivity index (χ3n) is 3.23. The molecule has 0 spiro atoms. The maximum absolute atomic E-state index is 10.4. The van der Waals surface area contributed by atoms with Gasteiger partial charge in [0.2, 0.25) is 0 Å². The number of hydrogen-bond acceptors (Lipinski definition) is 8. The lowest BCUT2D eigenvalue weighted by Gasteiger charge is -2.00. The molecule has 0 unspecified atom stereocenters. The lowest BCUT2D eigenvalue weighted by atomic mass is 10.1. The van der Waals surface area contributed by atoms with Crippen LogP contribution < -0.4 is 11.2 Å². The first-order valence-corrected chi connectivity index (χ1v) is 6.69. The van der Waals surface area contributed by atoms with Crippen molar-refractivity contribution in [1.82, 2.24) is 15.4 Å². The Kier molecular flexibility index (Phi) is 3.73. The Morgan fingerprint density at radius 3 is 2.36 bits per heavy atom. The summed E-state index contributed by atoms with van der Waals surface area (Å²) in [5.41, 5.74) is 8.89. The molecule has 0 atom stereocenters. The molecule has 0 saturated heterocycles. The minimum absolute atomic E-state index is 0.102. The molecule has 3 N–H and O–H groups in total. The highest BCUT2D eigenvalue weighted by atomic mass is 16.7. The lowest BCUT2D eigenvalue weighted by molar-refractivity contribution is -0.525. The van der Waals surface area contributed by atoms with Crippen LogP contribution in [-0.2, 0) is 0 Å². The van der Waals surface area contributed by atoms with Crippen molar-refractivity contribution in [2.24, 2.45) is 15.9 Å². The van der Waals surface area contributed by atoms with Gasteiger partial charge in [-0.15, -0.1) is 10.2 Å². The number of fused-ring (bicyclic) bond motifs is 3. The molecule has 11 heteroatoms. The van der Waals surface area contributed by atoms with Crippen molar-refractivity contribution in [2.45, 2.75) is 0 Å². The molecule has 0 amide bonds. The van der Waals surface area contributed by atoms with Crippen LogP contribution in [-0.4, -0.2) is 26.7 Å². The highest BCUT2D eigenvalue weighted by Gasteiger charge is 2.29. The van der Waals surface area contributed by atoms with Crippen LogP contribution in [0.2, 0.25) is 0 Å². The van der Waals surface area contributed by atoms with Gasteiger partial charge in [-0.25, -0.2) is 20.1 Å². The number of aromatic nitrogens is 2. The number of nitro groups is 1. The first-order chi connectivity index (χ1) is 12.0. The Labute approximate surface area is 139 Å². The van der Waals surface area contributed by atoms with Crippen LogP contribution in [0.25, 0.3) is 11.3 Å². The molecule has 0 fully saturated rings. The molecule has 2 aromatic rings. The molecule has 0 bridgehead atoms. The number of nitriles is 2. The summed E-state index contributed by atoms with van der Waals surface area (Å²) in [6.07, 6.45) is 0. The molecule has 1 aromatic heterocycles. The van der Waals surface area contributed by atoms with Crippen LogP contribution in [0, 0.1) is 32.8 Å². The van der Waals surface area contributed by atoms with Crippen LogP contribution >= 0.6 is 0 Å². The molecule has 3 rings (SSSR count). The molecule has 0 radical (unpaired) electrons. The number of nitrogens with zero attached hydrogens (tertiary/aromatic N) is 7. The standard InChI is InChI=1S/C14H7N9O2/c15-5-9-10(6-16)19-13-11(18-9)7-3-1-2-4-8(7)12(13)20-21-14(17)22-23(24)25/h1-4H,(H3,17,21,22)/b20-12+. The van der Waals surface area contributed by atoms with E-state index in [-0.39, 0.29) is 22.8 Å². The molecule has 11 nitrogen and oxygen atoms in total. The van der Waals surface area contributed by atoms with Crippen molar-refractivity contribution < 1.29 is 5.03 Å². The Morgan fingerprint density at radius 1 is 1.16 bits per heavy atom. The van der Waals surface area contributed by atoms with Gasteiger partial charge >= 0.3 is 0 Å². The number of guanidine groups is 1. The van der Waals surface area contributed by atoms with Crippen LogP contribution in [0.3, 0.4) is 0 Å². The first kappa shape index (κ1) is 15.5. The van der Waals surface area contributed by atoms with Gasteiger partial charge in [-0.2, -0.15) is 10.5 Å². The summed E-state index contributed by atoms with van der Waals surface area (Å²) in [5.74, 6) is -0.523. The van der Waals surface area contributed by atoms with Gasteiger partial charge in [0.1, 0.15) is 29.2 Å². The van der Waals surface area contributed by atoms with E-state index in [2.05, 4.69) is 20.2 Å². The molecule has 0 aliphatic heterocycles. The smallest absolute Gasteiger partial charge is 0.275 e. The molecule has 1 aromatic carbocycles. The second-order valence-electron chi connectivity index (χ2n) is 4.69. The topological polar surface area (TPSA) is 179 Å². The van der Waals surface area contributed by atoms with E-state index in [1.807, 2.05) is 6.07 Å². The van der Waals surface area contributed by atoms with E-state index in [0.717, 1.165) is 0 Å². The first-order valence-electron chi connectivity index (χ1n) is 6.69. The summed E-state index contributed by atoms with van der Waals surface area (Å²) in [6.45, 7) is 0. The molecule has 1 aliphatic carbocycles. The van der Waals surface area contributed by atoms with E-state index in [9.17, 15) is 10.1 Å². The zero-order valence-electron chi connectivity index (χ0n) is 12.3. The summed E-state index contributed by atoms with van der Waals surface area (Å²) in [4.78, 5) is 18.7. The minimum Gasteiger partial charge on any atom is -0.364 e. The van der Waals surface area contributed by atoms with Gasteiger partial charge < -0.3 is 5.73 Å². The zero-order valence-corrected chi connectivity index (χ0v) is 12.3. The summed E-state index contributed by atoms with van der Waals surface area (Å²) >= 11 is 0. The summed E-state index contributed by atoms with van der Waals surface area (Å²) in [7, 11) is 0.